The van der Waals surface area contributed by atoms with Crippen molar-refractivity contribution in [1.82, 2.24) is 10.6 Å². The van der Waals surface area contributed by atoms with Gasteiger partial charge in [0.2, 0.25) is 5.91 Å². The summed E-state index contributed by atoms with van der Waals surface area (Å²) < 4.78 is 18.7. The summed E-state index contributed by atoms with van der Waals surface area (Å²) in [5.74, 6) is 1.11. The molecule has 0 saturated carbocycles. The third-order valence-electron chi connectivity index (χ3n) is 2.98. The summed E-state index contributed by atoms with van der Waals surface area (Å²) in [4.78, 5) is 11.7. The Bertz CT molecular complexity index is 439. The second-order valence-electron chi connectivity index (χ2n) is 4.50. The number of carbonyl (C=O) groups is 1. The van der Waals surface area contributed by atoms with Crippen LogP contribution in [0, 0.1) is 5.82 Å². The van der Waals surface area contributed by atoms with Gasteiger partial charge in [-0.15, -0.1) is 0 Å². The highest BCUT2D eigenvalue weighted by Crippen LogP contribution is 2.14. The second kappa shape index (κ2) is 8.24. The van der Waals surface area contributed by atoms with Crippen molar-refractivity contribution in [2.45, 2.75) is 11.9 Å². The lowest BCUT2D eigenvalue weighted by molar-refractivity contribution is -0.134. The van der Waals surface area contributed by atoms with Gasteiger partial charge in [-0.2, -0.15) is 11.8 Å². The summed E-state index contributed by atoms with van der Waals surface area (Å²) in [5, 5.41) is 5.95. The zero-order valence-electron chi connectivity index (χ0n) is 11.2. The fraction of sp³-hybridized carbons (Fsp3) is 0.500. The second-order valence-corrected chi connectivity index (χ2v) is 5.60. The van der Waals surface area contributed by atoms with E-state index in [2.05, 4.69) is 10.6 Å². The van der Waals surface area contributed by atoms with E-state index in [1.54, 1.807) is 23.9 Å². The average molecular weight is 298 g/mol. The van der Waals surface area contributed by atoms with Crippen LogP contribution >= 0.6 is 11.8 Å². The molecule has 0 spiro atoms. The summed E-state index contributed by atoms with van der Waals surface area (Å²) in [7, 11) is 0. The Morgan fingerprint density at radius 2 is 2.35 bits per heavy atom. The van der Waals surface area contributed by atoms with Gasteiger partial charge in [0.15, 0.2) is 0 Å². The molecule has 6 heteroatoms. The normalized spacial score (nSPS) is 18.8. The smallest absolute Gasteiger partial charge is 0.250 e. The van der Waals surface area contributed by atoms with Gasteiger partial charge in [-0.1, -0.05) is 18.2 Å². The predicted molar refractivity (Wildman–Crippen MR) is 78.2 cm³/mol. The minimum atomic E-state index is -0.389. The summed E-state index contributed by atoms with van der Waals surface area (Å²) in [6.07, 6.45) is -0.389. The van der Waals surface area contributed by atoms with Crippen LogP contribution < -0.4 is 10.6 Å². The van der Waals surface area contributed by atoms with Gasteiger partial charge in [0.05, 0.1) is 6.61 Å². The highest BCUT2D eigenvalue weighted by Gasteiger charge is 2.20. The molecule has 1 atom stereocenters. The van der Waals surface area contributed by atoms with Gasteiger partial charge < -0.3 is 15.4 Å². The summed E-state index contributed by atoms with van der Waals surface area (Å²) >= 11 is 1.60. The van der Waals surface area contributed by atoms with Crippen LogP contribution in [0.5, 0.6) is 0 Å². The van der Waals surface area contributed by atoms with Crippen LogP contribution in [0.3, 0.4) is 0 Å². The Morgan fingerprint density at radius 3 is 3.10 bits per heavy atom. The molecule has 2 rings (SSSR count). The molecule has 1 aliphatic heterocycles. The van der Waals surface area contributed by atoms with E-state index in [1.807, 2.05) is 6.07 Å². The zero-order valence-corrected chi connectivity index (χ0v) is 12.0. The van der Waals surface area contributed by atoms with Crippen molar-refractivity contribution in [3.8, 4) is 0 Å². The molecule has 4 nitrogen and oxygen atoms in total. The predicted octanol–water partition coefficient (Wildman–Crippen LogP) is 1.16. The lowest BCUT2D eigenvalue weighted by Gasteiger charge is -2.22. The van der Waals surface area contributed by atoms with Crippen molar-refractivity contribution in [3.63, 3.8) is 0 Å². The summed E-state index contributed by atoms with van der Waals surface area (Å²) in [6, 6.07) is 6.75. The number of hydrogen-bond donors (Lipinski definition) is 2. The van der Waals surface area contributed by atoms with Crippen LogP contribution in [0.1, 0.15) is 5.56 Å². The van der Waals surface area contributed by atoms with E-state index in [0.29, 0.717) is 31.0 Å². The molecular formula is C14H19FN2O2S. The molecule has 0 radical (unpaired) electrons. The maximum absolute atomic E-state index is 13.4. The van der Waals surface area contributed by atoms with E-state index in [9.17, 15) is 9.18 Å². The van der Waals surface area contributed by atoms with Crippen molar-refractivity contribution in [3.05, 3.63) is 35.6 Å². The van der Waals surface area contributed by atoms with Crippen LogP contribution in [0.4, 0.5) is 4.39 Å². The molecule has 2 N–H and O–H groups in total. The van der Waals surface area contributed by atoms with E-state index >= 15 is 0 Å². The molecule has 0 bridgehead atoms. The zero-order chi connectivity index (χ0) is 14.2. The minimum Gasteiger partial charge on any atom is -0.366 e. The number of carbonyl (C=O) groups excluding carboxylic acids is 1. The van der Waals surface area contributed by atoms with Gasteiger partial charge in [0, 0.05) is 31.1 Å². The molecule has 1 aromatic rings. The number of morpholine rings is 1. The number of thioether (sulfide) groups is 1. The van der Waals surface area contributed by atoms with Crippen LogP contribution in [-0.2, 0) is 15.3 Å². The Hall–Kier alpha value is -1.11. The third kappa shape index (κ3) is 4.77. The number of amides is 1. The first kappa shape index (κ1) is 15.3. The largest absolute Gasteiger partial charge is 0.366 e. The monoisotopic (exact) mass is 298 g/mol. The lowest BCUT2D eigenvalue weighted by atomic mass is 10.2. The SMILES string of the molecule is O=C(NCCSCc1ccccc1F)C1CNCCO1. The molecule has 1 aromatic carbocycles. The van der Waals surface area contributed by atoms with Crippen molar-refractivity contribution in [2.24, 2.45) is 0 Å². The highest BCUT2D eigenvalue weighted by atomic mass is 32.2. The van der Waals surface area contributed by atoms with Crippen molar-refractivity contribution >= 4 is 17.7 Å². The van der Waals surface area contributed by atoms with E-state index in [4.69, 9.17) is 4.74 Å². The Balaban J connectivity index is 1.59. The van der Waals surface area contributed by atoms with Gasteiger partial charge in [-0.05, 0) is 11.6 Å². The molecule has 1 fully saturated rings. The third-order valence-corrected chi connectivity index (χ3v) is 3.99. The lowest BCUT2D eigenvalue weighted by Crippen LogP contribution is -2.48. The summed E-state index contributed by atoms with van der Waals surface area (Å²) in [5.41, 5.74) is 0.698. The molecule has 1 saturated heterocycles. The molecule has 1 unspecified atom stereocenters. The maximum Gasteiger partial charge on any atom is 0.250 e. The van der Waals surface area contributed by atoms with Crippen molar-refractivity contribution < 1.29 is 13.9 Å². The summed E-state index contributed by atoms with van der Waals surface area (Å²) in [6.45, 7) is 2.49. The minimum absolute atomic E-state index is 0.0799. The van der Waals surface area contributed by atoms with E-state index in [-0.39, 0.29) is 17.8 Å². The highest BCUT2D eigenvalue weighted by molar-refractivity contribution is 7.98. The number of benzene rings is 1. The van der Waals surface area contributed by atoms with Crippen molar-refractivity contribution in [2.75, 3.05) is 32.0 Å². The number of nitrogens with one attached hydrogen (secondary N) is 2. The molecule has 20 heavy (non-hydrogen) atoms. The molecular weight excluding hydrogens is 279 g/mol. The molecule has 1 aliphatic rings. The van der Waals surface area contributed by atoms with E-state index in [1.165, 1.54) is 6.07 Å². The Morgan fingerprint density at radius 1 is 1.50 bits per heavy atom. The van der Waals surface area contributed by atoms with E-state index < -0.39 is 0 Å². The van der Waals surface area contributed by atoms with Crippen molar-refractivity contribution in [1.29, 1.82) is 0 Å². The first-order valence-electron chi connectivity index (χ1n) is 6.68. The molecule has 0 aliphatic carbocycles. The van der Waals surface area contributed by atoms with Crippen LogP contribution in [-0.4, -0.2) is 44.0 Å². The Labute approximate surface area is 122 Å². The first-order valence-corrected chi connectivity index (χ1v) is 7.84. The first-order chi connectivity index (χ1) is 9.77. The molecule has 1 heterocycles. The number of halogens is 1. The fourth-order valence-electron chi connectivity index (χ4n) is 1.89. The van der Waals surface area contributed by atoms with Gasteiger partial charge in [-0.3, -0.25) is 4.79 Å². The van der Waals surface area contributed by atoms with Gasteiger partial charge in [0.1, 0.15) is 11.9 Å². The van der Waals surface area contributed by atoms with Crippen LogP contribution in [0.2, 0.25) is 0 Å². The number of ether oxygens (including phenoxy) is 1. The average Bonchev–Trinajstić information content (AvgIpc) is 2.49. The molecule has 0 aromatic heterocycles. The Kier molecular flexibility index (Phi) is 6.29. The number of rotatable bonds is 6. The molecule has 110 valence electrons. The van der Waals surface area contributed by atoms with Gasteiger partial charge >= 0.3 is 0 Å². The standard InChI is InChI=1S/C14H19FN2O2S/c15-12-4-2-1-3-11(12)10-20-8-6-17-14(18)13-9-16-5-7-19-13/h1-4,13,16H,5-10H2,(H,17,18). The fourth-order valence-corrected chi connectivity index (χ4v) is 2.74. The molecule has 1 amide bonds. The van der Waals surface area contributed by atoms with E-state index in [0.717, 1.165) is 12.3 Å². The van der Waals surface area contributed by atoms with Crippen LogP contribution in [0.15, 0.2) is 24.3 Å². The van der Waals surface area contributed by atoms with Gasteiger partial charge in [-0.25, -0.2) is 4.39 Å². The van der Waals surface area contributed by atoms with Crippen LogP contribution in [0.25, 0.3) is 0 Å². The quantitative estimate of drug-likeness (QED) is 0.774. The topological polar surface area (TPSA) is 50.4 Å². The number of hydrogen-bond acceptors (Lipinski definition) is 4. The van der Waals surface area contributed by atoms with Gasteiger partial charge in [0.25, 0.3) is 0 Å². The maximum atomic E-state index is 13.4.